The van der Waals surface area contributed by atoms with Gasteiger partial charge in [-0.05, 0) is 68.5 Å². The summed E-state index contributed by atoms with van der Waals surface area (Å²) in [6, 6.07) is 15.2. The van der Waals surface area contributed by atoms with Crippen molar-refractivity contribution >= 4 is 23.4 Å². The van der Waals surface area contributed by atoms with Gasteiger partial charge in [0.2, 0.25) is 5.91 Å². The molecular weight excluding hydrogens is 424 g/mol. The van der Waals surface area contributed by atoms with Gasteiger partial charge in [0.05, 0.1) is 6.61 Å². The van der Waals surface area contributed by atoms with Crippen LogP contribution in [-0.4, -0.2) is 53.9 Å². The SMILES string of the molecule is CCCN(C(=O)CCCOc1ccc(Cl)cc1C)C1CCN(C(=O)c2ccccc2)CC1. The Hall–Kier alpha value is -2.53. The maximum Gasteiger partial charge on any atom is 0.253 e. The summed E-state index contributed by atoms with van der Waals surface area (Å²) in [7, 11) is 0. The first-order valence-electron chi connectivity index (χ1n) is 11.5. The van der Waals surface area contributed by atoms with Crippen molar-refractivity contribution in [3.8, 4) is 5.75 Å². The second kappa shape index (κ2) is 11.9. The lowest BCUT2D eigenvalue weighted by Gasteiger charge is -2.38. The van der Waals surface area contributed by atoms with Crippen molar-refractivity contribution in [2.45, 2.75) is 52.0 Å². The number of halogens is 1. The monoisotopic (exact) mass is 456 g/mol. The molecule has 0 radical (unpaired) electrons. The molecule has 3 rings (SSSR count). The summed E-state index contributed by atoms with van der Waals surface area (Å²) in [6.45, 7) is 6.69. The Morgan fingerprint density at radius 3 is 2.50 bits per heavy atom. The van der Waals surface area contributed by atoms with Crippen LogP contribution in [0.3, 0.4) is 0 Å². The Bertz CT molecular complexity index is 895. The molecule has 1 saturated heterocycles. The van der Waals surface area contributed by atoms with Crippen LogP contribution in [0, 0.1) is 6.92 Å². The number of piperidine rings is 1. The van der Waals surface area contributed by atoms with Crippen molar-refractivity contribution in [2.24, 2.45) is 0 Å². The molecule has 172 valence electrons. The zero-order valence-corrected chi connectivity index (χ0v) is 19.8. The lowest BCUT2D eigenvalue weighted by atomic mass is 10.0. The average molecular weight is 457 g/mol. The highest BCUT2D eigenvalue weighted by molar-refractivity contribution is 6.30. The molecule has 2 amide bonds. The smallest absolute Gasteiger partial charge is 0.253 e. The molecule has 0 aromatic heterocycles. The van der Waals surface area contributed by atoms with Crippen LogP contribution in [0.25, 0.3) is 0 Å². The van der Waals surface area contributed by atoms with E-state index in [1.54, 1.807) is 0 Å². The molecule has 1 aliphatic rings. The zero-order valence-electron chi connectivity index (χ0n) is 19.1. The quantitative estimate of drug-likeness (QED) is 0.478. The number of amides is 2. The van der Waals surface area contributed by atoms with Gasteiger partial charge in [0.25, 0.3) is 5.91 Å². The van der Waals surface area contributed by atoms with Gasteiger partial charge in [0.1, 0.15) is 5.75 Å². The van der Waals surface area contributed by atoms with Crippen molar-refractivity contribution in [3.63, 3.8) is 0 Å². The van der Waals surface area contributed by atoms with Gasteiger partial charge in [-0.1, -0.05) is 36.7 Å². The highest BCUT2D eigenvalue weighted by Gasteiger charge is 2.29. The first-order valence-corrected chi connectivity index (χ1v) is 11.9. The molecule has 0 saturated carbocycles. The Morgan fingerprint density at radius 2 is 1.84 bits per heavy atom. The fourth-order valence-electron chi connectivity index (χ4n) is 4.22. The summed E-state index contributed by atoms with van der Waals surface area (Å²) >= 11 is 5.99. The van der Waals surface area contributed by atoms with Crippen LogP contribution in [0.15, 0.2) is 48.5 Å². The maximum atomic E-state index is 13.0. The summed E-state index contributed by atoms with van der Waals surface area (Å²) in [5, 5.41) is 0.691. The molecule has 5 nitrogen and oxygen atoms in total. The van der Waals surface area contributed by atoms with E-state index in [1.165, 1.54) is 0 Å². The molecule has 0 bridgehead atoms. The Morgan fingerprint density at radius 1 is 1.12 bits per heavy atom. The van der Waals surface area contributed by atoms with Crippen LogP contribution in [0.2, 0.25) is 5.02 Å². The number of hydrogen-bond acceptors (Lipinski definition) is 3. The summed E-state index contributed by atoms with van der Waals surface area (Å²) < 4.78 is 5.84. The maximum absolute atomic E-state index is 13.0. The largest absolute Gasteiger partial charge is 0.493 e. The molecule has 32 heavy (non-hydrogen) atoms. The van der Waals surface area contributed by atoms with Gasteiger partial charge in [-0.25, -0.2) is 0 Å². The van der Waals surface area contributed by atoms with E-state index >= 15 is 0 Å². The molecule has 0 unspecified atom stereocenters. The van der Waals surface area contributed by atoms with Gasteiger partial charge in [0, 0.05) is 42.7 Å². The van der Waals surface area contributed by atoms with Gasteiger partial charge in [-0.3, -0.25) is 9.59 Å². The van der Waals surface area contributed by atoms with E-state index in [0.29, 0.717) is 37.6 Å². The van der Waals surface area contributed by atoms with Crippen LogP contribution in [0.5, 0.6) is 5.75 Å². The average Bonchev–Trinajstić information content (AvgIpc) is 2.81. The summed E-state index contributed by atoms with van der Waals surface area (Å²) in [4.78, 5) is 29.6. The lowest BCUT2D eigenvalue weighted by molar-refractivity contribution is -0.134. The molecule has 6 heteroatoms. The van der Waals surface area contributed by atoms with Gasteiger partial charge in [0.15, 0.2) is 0 Å². The van der Waals surface area contributed by atoms with Crippen LogP contribution in [-0.2, 0) is 4.79 Å². The second-order valence-electron chi connectivity index (χ2n) is 8.34. The van der Waals surface area contributed by atoms with Gasteiger partial charge < -0.3 is 14.5 Å². The Kier molecular flexibility index (Phi) is 8.98. The number of rotatable bonds is 9. The van der Waals surface area contributed by atoms with Crippen LogP contribution in [0.1, 0.15) is 54.9 Å². The molecule has 1 heterocycles. The van der Waals surface area contributed by atoms with Crippen molar-refractivity contribution in [2.75, 3.05) is 26.2 Å². The summed E-state index contributed by atoms with van der Waals surface area (Å²) in [5.74, 6) is 1.06. The molecule has 2 aromatic carbocycles. The number of hydrogen-bond donors (Lipinski definition) is 0. The van der Waals surface area contributed by atoms with Crippen LogP contribution >= 0.6 is 11.6 Å². The van der Waals surface area contributed by atoms with Crippen molar-refractivity contribution in [3.05, 3.63) is 64.7 Å². The van der Waals surface area contributed by atoms with E-state index in [1.807, 2.05) is 65.3 Å². The first-order chi connectivity index (χ1) is 15.5. The predicted octanol–water partition coefficient (Wildman–Crippen LogP) is 5.35. The summed E-state index contributed by atoms with van der Waals surface area (Å²) in [6.07, 6.45) is 3.72. The van der Waals surface area contributed by atoms with Crippen LogP contribution < -0.4 is 4.74 Å². The van der Waals surface area contributed by atoms with E-state index in [9.17, 15) is 9.59 Å². The molecule has 0 spiro atoms. The fourth-order valence-corrected chi connectivity index (χ4v) is 4.45. The molecule has 0 N–H and O–H groups in total. The van der Waals surface area contributed by atoms with Crippen molar-refractivity contribution < 1.29 is 14.3 Å². The minimum atomic E-state index is 0.0760. The van der Waals surface area contributed by atoms with E-state index in [-0.39, 0.29) is 17.9 Å². The third-order valence-corrected chi connectivity index (χ3v) is 6.16. The van der Waals surface area contributed by atoms with E-state index < -0.39 is 0 Å². The third kappa shape index (κ3) is 6.49. The van der Waals surface area contributed by atoms with Crippen molar-refractivity contribution in [1.82, 2.24) is 9.80 Å². The number of aryl methyl sites for hydroxylation is 1. The number of nitrogens with zero attached hydrogens (tertiary/aromatic N) is 2. The number of carbonyl (C=O) groups is 2. The molecule has 0 atom stereocenters. The van der Waals surface area contributed by atoms with Gasteiger partial charge >= 0.3 is 0 Å². The fraction of sp³-hybridized carbons (Fsp3) is 0.462. The van der Waals surface area contributed by atoms with Gasteiger partial charge in [-0.15, -0.1) is 0 Å². The minimum absolute atomic E-state index is 0.0760. The van der Waals surface area contributed by atoms with Gasteiger partial charge in [-0.2, -0.15) is 0 Å². The standard InChI is InChI=1S/C26H33ClN2O3/c1-3-15-29(25(30)10-7-18-32-24-12-11-22(27)19-20(24)2)23-13-16-28(17-14-23)26(31)21-8-5-4-6-9-21/h4-6,8-9,11-12,19,23H,3,7,10,13-18H2,1-2H3. The molecule has 0 aliphatic carbocycles. The summed E-state index contributed by atoms with van der Waals surface area (Å²) in [5.41, 5.74) is 1.72. The topological polar surface area (TPSA) is 49.9 Å². The van der Waals surface area contributed by atoms with Crippen LogP contribution in [0.4, 0.5) is 0 Å². The number of carbonyl (C=O) groups excluding carboxylic acids is 2. The Balaban J connectivity index is 1.47. The highest BCUT2D eigenvalue weighted by Crippen LogP contribution is 2.23. The highest BCUT2D eigenvalue weighted by atomic mass is 35.5. The molecule has 1 fully saturated rings. The Labute approximate surface area is 196 Å². The zero-order chi connectivity index (χ0) is 22.9. The number of ether oxygens (including phenoxy) is 1. The van der Waals surface area contributed by atoms with E-state index in [4.69, 9.17) is 16.3 Å². The molecule has 2 aromatic rings. The van der Waals surface area contributed by atoms with E-state index in [0.717, 1.165) is 42.7 Å². The normalized spacial score (nSPS) is 14.3. The lowest BCUT2D eigenvalue weighted by Crippen LogP contribution is -2.49. The minimum Gasteiger partial charge on any atom is -0.493 e. The molecular formula is C26H33ClN2O3. The second-order valence-corrected chi connectivity index (χ2v) is 8.77. The van der Waals surface area contributed by atoms with Crippen molar-refractivity contribution in [1.29, 1.82) is 0 Å². The third-order valence-electron chi connectivity index (χ3n) is 5.93. The predicted molar refractivity (Wildman–Crippen MR) is 128 cm³/mol. The van der Waals surface area contributed by atoms with E-state index in [2.05, 4.69) is 6.92 Å². The molecule has 1 aliphatic heterocycles. The first kappa shape index (κ1) is 24.1. The number of benzene rings is 2. The number of likely N-dealkylation sites (tertiary alicyclic amines) is 1.